The number of carboxylic acids is 1. The second-order valence-corrected chi connectivity index (χ2v) is 8.82. The minimum absolute atomic E-state index is 0.0154. The van der Waals surface area contributed by atoms with E-state index in [1.165, 1.54) is 6.08 Å². The zero-order valence-corrected chi connectivity index (χ0v) is 20.8. The number of thioether (sulfide) groups is 1. The van der Waals surface area contributed by atoms with E-state index in [1.807, 2.05) is 25.3 Å². The van der Waals surface area contributed by atoms with Crippen LogP contribution in [0.1, 0.15) is 31.4 Å². The minimum atomic E-state index is -1.03. The second kappa shape index (κ2) is 13.3. The molecule has 1 amide bonds. The largest absolute Gasteiger partial charge is 0.508 e. The average molecular weight is 571 g/mol. The molecule has 9 heteroatoms. The number of hydrogen-bond acceptors (Lipinski definition) is 6. The number of aromatic hydroxyl groups is 1. The summed E-state index contributed by atoms with van der Waals surface area (Å²) in [5.74, 6) is -1.05. The number of phenolic OH excluding ortho intramolecular Hbond substituents is 1. The first kappa shape index (κ1) is 26.0. The Labute approximate surface area is 205 Å². The maximum atomic E-state index is 12.7. The molecule has 7 nitrogen and oxygen atoms in total. The highest BCUT2D eigenvalue weighted by Crippen LogP contribution is 2.34. The summed E-state index contributed by atoms with van der Waals surface area (Å²) in [6.07, 6.45) is 3.17. The molecule has 0 aliphatic heterocycles. The van der Waals surface area contributed by atoms with Crippen molar-refractivity contribution < 1.29 is 29.3 Å². The van der Waals surface area contributed by atoms with Gasteiger partial charge in [0.15, 0.2) is 6.10 Å². The Kier molecular flexibility index (Phi) is 10.8. The van der Waals surface area contributed by atoms with Crippen LogP contribution in [0.4, 0.5) is 10.5 Å². The van der Waals surface area contributed by atoms with E-state index in [9.17, 15) is 14.7 Å². The Morgan fingerprint density at radius 1 is 1.22 bits per heavy atom. The second-order valence-electron chi connectivity index (χ2n) is 6.69. The first-order valence-electron chi connectivity index (χ1n) is 9.95. The molecule has 0 saturated heterocycles. The predicted octanol–water partition coefficient (Wildman–Crippen LogP) is 5.83. The number of carbonyl (C=O) groups excluding carboxylic acids is 1. The molecular formula is C23H26INO6S. The lowest BCUT2D eigenvalue weighted by atomic mass is 9.99. The van der Waals surface area contributed by atoms with Crippen molar-refractivity contribution in [3.05, 3.63) is 63.8 Å². The fraction of sp³-hybridized carbons (Fsp3) is 0.304. The number of rotatable bonds is 11. The van der Waals surface area contributed by atoms with Gasteiger partial charge in [-0.2, -0.15) is 0 Å². The molecule has 0 bridgehead atoms. The normalized spacial score (nSPS) is 13.0. The maximum Gasteiger partial charge on any atom is 0.412 e. The van der Waals surface area contributed by atoms with Crippen molar-refractivity contribution in [1.29, 1.82) is 0 Å². The van der Waals surface area contributed by atoms with Crippen molar-refractivity contribution in [3.8, 4) is 5.75 Å². The van der Waals surface area contributed by atoms with Crippen molar-refractivity contribution in [3.63, 3.8) is 0 Å². The number of ether oxygens (including phenoxy) is 2. The van der Waals surface area contributed by atoms with E-state index in [0.717, 1.165) is 14.5 Å². The average Bonchev–Trinajstić information content (AvgIpc) is 2.76. The summed E-state index contributed by atoms with van der Waals surface area (Å²) in [5.41, 5.74) is 1.00. The number of amides is 1. The Morgan fingerprint density at radius 3 is 2.56 bits per heavy atom. The number of carboxylic acid groups (broad SMARTS) is 1. The standard InChI is InChI=1S/C23H26INO6S/c1-3-30-20(6-4-5-7-21(27)28)22(18-14-15(24)8-13-19(18)26)31-23(29)25-16-9-11-17(32-2)12-10-16/h5,7-14,20,22,26H,3-4,6H2,1-2H3,(H,25,29)(H,27,28)/b7-5+/t20-,22-/m0/s1. The Bertz CT molecular complexity index is 935. The van der Waals surface area contributed by atoms with Gasteiger partial charge in [-0.3, -0.25) is 5.32 Å². The fourth-order valence-electron chi connectivity index (χ4n) is 3.01. The summed E-state index contributed by atoms with van der Waals surface area (Å²) in [7, 11) is 0. The molecule has 2 rings (SSSR count). The lowest BCUT2D eigenvalue weighted by Crippen LogP contribution is -2.29. The molecule has 172 valence electrons. The number of carbonyl (C=O) groups is 2. The maximum absolute atomic E-state index is 12.7. The number of halogens is 1. The van der Waals surface area contributed by atoms with Crippen LogP contribution in [-0.2, 0) is 14.3 Å². The van der Waals surface area contributed by atoms with Crippen molar-refractivity contribution in [2.75, 3.05) is 18.2 Å². The van der Waals surface area contributed by atoms with E-state index in [1.54, 1.807) is 42.1 Å². The molecule has 0 aromatic heterocycles. The van der Waals surface area contributed by atoms with Crippen LogP contribution in [0.2, 0.25) is 0 Å². The molecule has 0 fully saturated rings. The smallest absolute Gasteiger partial charge is 0.412 e. The molecule has 0 spiro atoms. The highest BCUT2D eigenvalue weighted by Gasteiger charge is 2.30. The first-order valence-corrected chi connectivity index (χ1v) is 12.3. The topological polar surface area (TPSA) is 105 Å². The Balaban J connectivity index is 2.25. The van der Waals surface area contributed by atoms with Gasteiger partial charge < -0.3 is 19.7 Å². The van der Waals surface area contributed by atoms with E-state index in [0.29, 0.717) is 30.7 Å². The third-order valence-corrected chi connectivity index (χ3v) is 5.88. The molecule has 2 atom stereocenters. The minimum Gasteiger partial charge on any atom is -0.508 e. The van der Waals surface area contributed by atoms with Gasteiger partial charge in [0.2, 0.25) is 0 Å². The summed E-state index contributed by atoms with van der Waals surface area (Å²) in [6, 6.07) is 12.4. The zero-order valence-electron chi connectivity index (χ0n) is 17.8. The molecule has 32 heavy (non-hydrogen) atoms. The lowest BCUT2D eigenvalue weighted by molar-refractivity contribution is -0.131. The summed E-state index contributed by atoms with van der Waals surface area (Å²) in [5, 5.41) is 22.0. The highest BCUT2D eigenvalue weighted by molar-refractivity contribution is 14.1. The molecule has 0 heterocycles. The van der Waals surface area contributed by atoms with Gasteiger partial charge in [-0.15, -0.1) is 11.8 Å². The molecular weight excluding hydrogens is 545 g/mol. The van der Waals surface area contributed by atoms with Crippen molar-refractivity contribution in [1.82, 2.24) is 0 Å². The zero-order chi connectivity index (χ0) is 23.5. The Morgan fingerprint density at radius 2 is 1.94 bits per heavy atom. The molecule has 0 aliphatic carbocycles. The Hall–Kier alpha value is -2.24. The molecule has 2 aromatic carbocycles. The van der Waals surface area contributed by atoms with E-state index in [2.05, 4.69) is 27.9 Å². The lowest BCUT2D eigenvalue weighted by Gasteiger charge is -2.28. The summed E-state index contributed by atoms with van der Waals surface area (Å²) < 4.78 is 12.4. The SMILES string of the molecule is CCO[C@@H](CC/C=C/C(=O)O)[C@@H](OC(=O)Nc1ccc(SC)cc1)c1cc(I)ccc1O. The molecule has 0 aliphatic rings. The van der Waals surface area contributed by atoms with Crippen LogP contribution in [-0.4, -0.2) is 41.2 Å². The van der Waals surface area contributed by atoms with Crippen LogP contribution in [0.25, 0.3) is 0 Å². The summed E-state index contributed by atoms with van der Waals surface area (Å²) in [6.45, 7) is 2.18. The number of nitrogens with one attached hydrogen (secondary N) is 1. The van der Waals surface area contributed by atoms with Gasteiger partial charge in [0.1, 0.15) is 5.75 Å². The first-order chi connectivity index (χ1) is 15.3. The van der Waals surface area contributed by atoms with Gasteiger partial charge in [-0.05, 0) is 91.1 Å². The molecule has 0 radical (unpaired) electrons. The van der Waals surface area contributed by atoms with Crippen LogP contribution >= 0.6 is 34.4 Å². The number of benzene rings is 2. The summed E-state index contributed by atoms with van der Waals surface area (Å²) in [4.78, 5) is 24.5. The molecule has 0 unspecified atom stereocenters. The number of hydrogen-bond donors (Lipinski definition) is 3. The van der Waals surface area contributed by atoms with Crippen LogP contribution < -0.4 is 5.32 Å². The van der Waals surface area contributed by atoms with Crippen molar-refractivity contribution in [2.45, 2.75) is 36.9 Å². The summed E-state index contributed by atoms with van der Waals surface area (Å²) >= 11 is 3.71. The van der Waals surface area contributed by atoms with E-state index in [4.69, 9.17) is 14.6 Å². The van der Waals surface area contributed by atoms with E-state index >= 15 is 0 Å². The monoisotopic (exact) mass is 571 g/mol. The van der Waals surface area contributed by atoms with E-state index < -0.39 is 24.3 Å². The molecule has 2 aromatic rings. The number of allylic oxidation sites excluding steroid dienone is 1. The van der Waals surface area contributed by atoms with Crippen LogP contribution in [0.15, 0.2) is 59.5 Å². The van der Waals surface area contributed by atoms with Crippen molar-refractivity contribution >= 4 is 52.1 Å². The number of anilines is 1. The third kappa shape index (κ3) is 8.36. The fourth-order valence-corrected chi connectivity index (χ4v) is 3.93. The highest BCUT2D eigenvalue weighted by atomic mass is 127. The van der Waals surface area contributed by atoms with Crippen LogP contribution in [0.5, 0.6) is 5.75 Å². The molecule has 3 N–H and O–H groups in total. The van der Waals surface area contributed by atoms with Gasteiger partial charge in [-0.25, -0.2) is 9.59 Å². The molecule has 0 saturated carbocycles. The number of phenols is 1. The van der Waals surface area contributed by atoms with Gasteiger partial charge in [-0.1, -0.05) is 6.08 Å². The van der Waals surface area contributed by atoms with Gasteiger partial charge in [0.05, 0.1) is 6.10 Å². The van der Waals surface area contributed by atoms with Gasteiger partial charge in [0.25, 0.3) is 0 Å². The van der Waals surface area contributed by atoms with Gasteiger partial charge in [0, 0.05) is 32.4 Å². The number of aliphatic carboxylic acids is 1. The van der Waals surface area contributed by atoms with Gasteiger partial charge >= 0.3 is 12.1 Å². The van der Waals surface area contributed by atoms with E-state index in [-0.39, 0.29) is 5.75 Å². The quantitative estimate of drug-likeness (QED) is 0.177. The van der Waals surface area contributed by atoms with Crippen LogP contribution in [0, 0.1) is 3.57 Å². The third-order valence-electron chi connectivity index (χ3n) is 4.46. The predicted molar refractivity (Wildman–Crippen MR) is 133 cm³/mol. The van der Waals surface area contributed by atoms with Crippen LogP contribution in [0.3, 0.4) is 0 Å². The van der Waals surface area contributed by atoms with Crippen molar-refractivity contribution in [2.24, 2.45) is 0 Å².